The fourth-order valence-electron chi connectivity index (χ4n) is 2.83. The summed E-state index contributed by atoms with van der Waals surface area (Å²) in [6.45, 7) is 7.36. The number of nitrogens with zero attached hydrogens (tertiary/aromatic N) is 3. The first-order chi connectivity index (χ1) is 12.1. The lowest BCUT2D eigenvalue weighted by molar-refractivity contribution is -0.227. The van der Waals surface area contributed by atoms with Crippen molar-refractivity contribution in [3.05, 3.63) is 35.5 Å². The minimum absolute atomic E-state index is 0.0293. The first kappa shape index (κ1) is 18.8. The van der Waals surface area contributed by atoms with Crippen LogP contribution in [-0.4, -0.2) is 40.7 Å². The summed E-state index contributed by atoms with van der Waals surface area (Å²) in [5.74, 6) is 0. The quantitative estimate of drug-likeness (QED) is 0.823. The van der Waals surface area contributed by atoms with Crippen LogP contribution in [0.25, 0.3) is 11.3 Å². The summed E-state index contributed by atoms with van der Waals surface area (Å²) >= 11 is 0. The molecule has 0 saturated carbocycles. The molecule has 142 valence electrons. The van der Waals surface area contributed by atoms with Crippen molar-refractivity contribution >= 4 is 0 Å². The summed E-state index contributed by atoms with van der Waals surface area (Å²) in [6, 6.07) is 4.96. The molecule has 0 spiro atoms. The van der Waals surface area contributed by atoms with Gasteiger partial charge in [-0.3, -0.25) is 0 Å². The number of hydrogen-bond donors (Lipinski definition) is 0. The van der Waals surface area contributed by atoms with E-state index in [4.69, 9.17) is 9.47 Å². The van der Waals surface area contributed by atoms with Crippen molar-refractivity contribution in [3.8, 4) is 11.3 Å². The van der Waals surface area contributed by atoms with Crippen LogP contribution in [0.15, 0.2) is 24.4 Å². The topological polar surface area (TPSA) is 49.2 Å². The van der Waals surface area contributed by atoms with Gasteiger partial charge in [-0.25, -0.2) is 4.68 Å². The lowest BCUT2D eigenvalue weighted by Gasteiger charge is -2.34. The number of aryl methyl sites for hydroxylation is 1. The molecule has 0 aliphatic carbocycles. The summed E-state index contributed by atoms with van der Waals surface area (Å²) in [5, 5.41) is 8.04. The number of rotatable bonds is 4. The highest BCUT2D eigenvalue weighted by molar-refractivity contribution is 5.63. The lowest BCUT2D eigenvalue weighted by Crippen LogP contribution is -2.39. The van der Waals surface area contributed by atoms with Crippen molar-refractivity contribution in [3.63, 3.8) is 0 Å². The zero-order valence-corrected chi connectivity index (χ0v) is 15.0. The molecule has 1 aromatic carbocycles. The van der Waals surface area contributed by atoms with Crippen molar-refractivity contribution in [1.29, 1.82) is 0 Å². The van der Waals surface area contributed by atoms with Crippen LogP contribution >= 0.6 is 0 Å². The first-order valence-electron chi connectivity index (χ1n) is 8.41. The molecule has 0 bridgehead atoms. The van der Waals surface area contributed by atoms with E-state index >= 15 is 0 Å². The van der Waals surface area contributed by atoms with Gasteiger partial charge in [0.1, 0.15) is 5.69 Å². The van der Waals surface area contributed by atoms with Crippen LogP contribution in [-0.2, 0) is 22.4 Å². The monoisotopic (exact) mass is 369 g/mol. The van der Waals surface area contributed by atoms with Crippen molar-refractivity contribution in [2.75, 3.05) is 13.2 Å². The van der Waals surface area contributed by atoms with E-state index in [1.807, 2.05) is 0 Å². The van der Waals surface area contributed by atoms with Gasteiger partial charge in [-0.2, -0.15) is 13.2 Å². The van der Waals surface area contributed by atoms with Gasteiger partial charge in [-0.05, 0) is 12.5 Å². The van der Waals surface area contributed by atoms with Crippen molar-refractivity contribution in [2.24, 2.45) is 5.41 Å². The molecule has 1 aliphatic heterocycles. The Kier molecular flexibility index (Phi) is 5.07. The molecule has 0 radical (unpaired) electrons. The van der Waals surface area contributed by atoms with Gasteiger partial charge in [0.25, 0.3) is 0 Å². The van der Waals surface area contributed by atoms with Crippen LogP contribution < -0.4 is 0 Å². The van der Waals surface area contributed by atoms with Crippen LogP contribution in [0, 0.1) is 12.3 Å². The Bertz CT molecular complexity index is 761. The normalized spacial score (nSPS) is 18.2. The van der Waals surface area contributed by atoms with Crippen molar-refractivity contribution in [1.82, 2.24) is 15.0 Å². The molecular formula is C18H22F3N3O2. The molecular weight excluding hydrogens is 347 g/mol. The van der Waals surface area contributed by atoms with E-state index in [-0.39, 0.29) is 11.0 Å². The maximum absolute atomic E-state index is 12.9. The standard InChI is InChI=1S/C18H22F3N3O2/c1-12-4-5-14(13(6-12)7-18(19,20)21)15-8-24(23-22-15)9-16-25-10-17(2,3)11-26-16/h4-6,8,16H,7,9-11H2,1-3H3. The molecule has 0 atom stereocenters. The van der Waals surface area contributed by atoms with Gasteiger partial charge in [-0.1, -0.05) is 42.8 Å². The van der Waals surface area contributed by atoms with E-state index in [1.54, 1.807) is 25.3 Å². The van der Waals surface area contributed by atoms with Crippen molar-refractivity contribution in [2.45, 2.75) is 46.2 Å². The molecule has 1 aliphatic rings. The van der Waals surface area contributed by atoms with Gasteiger partial charge in [0.15, 0.2) is 6.29 Å². The zero-order chi connectivity index (χ0) is 18.9. The van der Waals surface area contributed by atoms with Gasteiger partial charge in [0.2, 0.25) is 0 Å². The van der Waals surface area contributed by atoms with Crippen molar-refractivity contribution < 1.29 is 22.6 Å². The molecule has 0 N–H and O–H groups in total. The Labute approximate surface area is 150 Å². The van der Waals surface area contributed by atoms with Gasteiger partial charge in [-0.15, -0.1) is 5.10 Å². The molecule has 1 saturated heterocycles. The van der Waals surface area contributed by atoms with E-state index in [0.29, 0.717) is 31.0 Å². The molecule has 0 unspecified atom stereocenters. The van der Waals surface area contributed by atoms with Crippen LogP contribution in [0.5, 0.6) is 0 Å². The highest BCUT2D eigenvalue weighted by Gasteiger charge is 2.30. The highest BCUT2D eigenvalue weighted by atomic mass is 19.4. The van der Waals surface area contributed by atoms with E-state index in [9.17, 15) is 13.2 Å². The summed E-state index contributed by atoms with van der Waals surface area (Å²) in [4.78, 5) is 0. The summed E-state index contributed by atoms with van der Waals surface area (Å²) < 4.78 is 51.5. The molecule has 2 aromatic rings. The Balaban J connectivity index is 1.76. The summed E-state index contributed by atoms with van der Waals surface area (Å²) in [7, 11) is 0. The minimum atomic E-state index is -4.28. The molecule has 5 nitrogen and oxygen atoms in total. The summed E-state index contributed by atoms with van der Waals surface area (Å²) in [6.07, 6.45) is -4.10. The molecule has 1 aromatic heterocycles. The average molecular weight is 369 g/mol. The molecule has 26 heavy (non-hydrogen) atoms. The van der Waals surface area contributed by atoms with Crippen LogP contribution in [0.1, 0.15) is 25.0 Å². The SMILES string of the molecule is Cc1ccc(-c2cn(CC3OCC(C)(C)CO3)nn2)c(CC(F)(F)F)c1. The Morgan fingerprint density at radius 3 is 2.58 bits per heavy atom. The number of alkyl halides is 3. The maximum Gasteiger partial charge on any atom is 0.393 e. The third-order valence-corrected chi connectivity index (χ3v) is 4.12. The Hall–Kier alpha value is -1.93. The predicted molar refractivity (Wildman–Crippen MR) is 89.4 cm³/mol. The number of halogens is 3. The largest absolute Gasteiger partial charge is 0.393 e. The molecule has 0 amide bonds. The fourth-order valence-corrected chi connectivity index (χ4v) is 2.83. The van der Waals surface area contributed by atoms with E-state index in [1.165, 1.54) is 10.7 Å². The Morgan fingerprint density at radius 1 is 1.23 bits per heavy atom. The van der Waals surface area contributed by atoms with E-state index < -0.39 is 18.9 Å². The van der Waals surface area contributed by atoms with Crippen LogP contribution in [0.4, 0.5) is 13.2 Å². The van der Waals surface area contributed by atoms with Crippen LogP contribution in [0.2, 0.25) is 0 Å². The lowest BCUT2D eigenvalue weighted by atomic mass is 9.96. The molecule has 3 rings (SSSR count). The average Bonchev–Trinajstić information content (AvgIpc) is 2.96. The second kappa shape index (κ2) is 7.00. The van der Waals surface area contributed by atoms with Gasteiger partial charge >= 0.3 is 6.18 Å². The number of benzene rings is 1. The second-order valence-corrected chi connectivity index (χ2v) is 7.49. The van der Waals surface area contributed by atoms with E-state index in [2.05, 4.69) is 24.2 Å². The Morgan fingerprint density at radius 2 is 1.92 bits per heavy atom. The number of hydrogen-bond acceptors (Lipinski definition) is 4. The zero-order valence-electron chi connectivity index (χ0n) is 15.0. The molecule has 8 heteroatoms. The first-order valence-corrected chi connectivity index (χ1v) is 8.41. The highest BCUT2D eigenvalue weighted by Crippen LogP contribution is 2.29. The molecule has 1 fully saturated rings. The molecule has 2 heterocycles. The van der Waals surface area contributed by atoms with Gasteiger partial charge < -0.3 is 9.47 Å². The number of aromatic nitrogens is 3. The summed E-state index contributed by atoms with van der Waals surface area (Å²) in [5.41, 5.74) is 1.77. The van der Waals surface area contributed by atoms with Gasteiger partial charge in [0, 0.05) is 11.0 Å². The smallest absolute Gasteiger partial charge is 0.350 e. The number of ether oxygens (including phenoxy) is 2. The van der Waals surface area contributed by atoms with E-state index in [0.717, 1.165) is 5.56 Å². The van der Waals surface area contributed by atoms with Crippen LogP contribution in [0.3, 0.4) is 0 Å². The third-order valence-electron chi connectivity index (χ3n) is 4.12. The second-order valence-electron chi connectivity index (χ2n) is 7.49. The minimum Gasteiger partial charge on any atom is -0.350 e. The maximum atomic E-state index is 12.9. The predicted octanol–water partition coefficient (Wildman–Crippen LogP) is 3.76. The van der Waals surface area contributed by atoms with Gasteiger partial charge in [0.05, 0.1) is 32.4 Å². The fraction of sp³-hybridized carbons (Fsp3) is 0.556. The third kappa shape index (κ3) is 4.82.